The molecule has 1 atom stereocenters. The Morgan fingerprint density at radius 2 is 1.60 bits per heavy atom. The highest BCUT2D eigenvalue weighted by molar-refractivity contribution is 7.92. The molecule has 0 radical (unpaired) electrons. The van der Waals surface area contributed by atoms with Crippen LogP contribution in [-0.4, -0.2) is 87.0 Å². The molecule has 0 bridgehead atoms. The predicted octanol–water partition coefficient (Wildman–Crippen LogP) is 5.00. The zero-order chi connectivity index (χ0) is 36.2. The van der Waals surface area contributed by atoms with Crippen LogP contribution in [0.3, 0.4) is 0 Å². The lowest BCUT2D eigenvalue weighted by Gasteiger charge is -2.33. The second kappa shape index (κ2) is 15.1. The van der Waals surface area contributed by atoms with Crippen LogP contribution >= 0.6 is 0 Å². The van der Waals surface area contributed by atoms with Crippen molar-refractivity contribution in [1.29, 1.82) is 0 Å². The van der Waals surface area contributed by atoms with Gasteiger partial charge < -0.3 is 32.8 Å². The van der Waals surface area contributed by atoms with Crippen molar-refractivity contribution < 1.29 is 54.4 Å². The Kier molecular flexibility index (Phi) is 11.0. The molecule has 1 fully saturated rings. The topological polar surface area (TPSA) is 135 Å². The maximum atomic E-state index is 14.1. The van der Waals surface area contributed by atoms with Crippen molar-refractivity contribution >= 4 is 20.8 Å². The summed E-state index contributed by atoms with van der Waals surface area (Å²) in [7, 11) is 3.12. The van der Waals surface area contributed by atoms with Crippen LogP contribution in [0.1, 0.15) is 12.0 Å². The monoisotopic (exact) mass is 722 g/mol. The van der Waals surface area contributed by atoms with Crippen LogP contribution in [0.5, 0.6) is 34.5 Å². The van der Waals surface area contributed by atoms with E-state index in [2.05, 4.69) is 5.32 Å². The summed E-state index contributed by atoms with van der Waals surface area (Å²) < 4.78 is 106. The summed E-state index contributed by atoms with van der Waals surface area (Å²) in [6.45, 7) is 1.22. The van der Waals surface area contributed by atoms with Gasteiger partial charge >= 0.3 is 6.18 Å². The average Bonchev–Trinajstić information content (AvgIpc) is 3.12. The number of hydrogen-bond acceptors (Lipinski definition) is 12. The number of nitrogens with one attached hydrogen (secondary N) is 1. The first kappa shape index (κ1) is 36.6. The van der Waals surface area contributed by atoms with Crippen LogP contribution in [0, 0.1) is 0 Å². The van der Waals surface area contributed by atoms with Gasteiger partial charge in [0.25, 0.3) is 0 Å². The van der Waals surface area contributed by atoms with Gasteiger partial charge in [-0.25, -0.2) is 8.42 Å². The van der Waals surface area contributed by atoms with Crippen LogP contribution < -0.4 is 39.2 Å². The van der Waals surface area contributed by atoms with Gasteiger partial charge in [-0.2, -0.15) is 13.2 Å². The van der Waals surface area contributed by atoms with Crippen molar-refractivity contribution in [3.63, 3.8) is 0 Å². The molecule has 2 heterocycles. The van der Waals surface area contributed by atoms with Crippen molar-refractivity contribution in [2.45, 2.75) is 22.9 Å². The summed E-state index contributed by atoms with van der Waals surface area (Å²) in [6.07, 6.45) is -4.31. The fraction of sp³-hybridized carbons (Fsp3) is 0.382. The Labute approximate surface area is 286 Å². The number of hydrogen-bond donors (Lipinski definition) is 1. The minimum absolute atomic E-state index is 0.0289. The van der Waals surface area contributed by atoms with Crippen molar-refractivity contribution in [3.8, 4) is 45.8 Å². The van der Waals surface area contributed by atoms with Crippen LogP contribution in [0.4, 0.5) is 13.2 Å². The van der Waals surface area contributed by atoms with Crippen LogP contribution in [0.2, 0.25) is 0 Å². The van der Waals surface area contributed by atoms with E-state index in [0.717, 1.165) is 18.2 Å². The lowest BCUT2D eigenvalue weighted by Crippen LogP contribution is -2.54. The molecule has 16 heteroatoms. The number of halogens is 3. The first-order valence-corrected chi connectivity index (χ1v) is 16.9. The van der Waals surface area contributed by atoms with E-state index in [1.165, 1.54) is 35.5 Å². The highest BCUT2D eigenvalue weighted by atomic mass is 32.2. The SMILES string of the molecule is COc1cc(OC)c2c(=O)c(OCCCN3CCNC(S(=O)(=O)c4cccc(C(F)(F)F)c4)C3)c(-c3cc(OC)c(OC)c(OC)c3)oc2c1. The average molecular weight is 723 g/mol. The molecular formula is C34H37F3N2O10S. The van der Waals surface area contributed by atoms with E-state index < -0.39 is 37.3 Å². The summed E-state index contributed by atoms with van der Waals surface area (Å²) in [4.78, 5) is 15.5. The van der Waals surface area contributed by atoms with Crippen molar-refractivity contribution in [3.05, 3.63) is 64.3 Å². The molecule has 5 rings (SSSR count). The maximum absolute atomic E-state index is 14.1. The third-order valence-corrected chi connectivity index (χ3v) is 10.2. The molecule has 3 aromatic carbocycles. The number of fused-ring (bicyclic) bond motifs is 1. The molecule has 1 saturated heterocycles. The van der Waals surface area contributed by atoms with Gasteiger partial charge in [0.15, 0.2) is 27.1 Å². The standard InChI is InChI=1S/C34H37F3N2O10S/c1-43-22-17-24(44-2)29-25(18-22)49-31(20-14-26(45-3)32(47-5)27(15-20)46-4)33(30(29)40)48-13-7-11-39-12-10-38-28(19-39)50(41,42)23-9-6-8-21(16-23)34(35,36)37/h6,8-9,14-18,28,38H,7,10-13,19H2,1-5H3. The van der Waals surface area contributed by atoms with E-state index in [4.69, 9.17) is 32.8 Å². The lowest BCUT2D eigenvalue weighted by molar-refractivity contribution is -0.137. The van der Waals surface area contributed by atoms with Crippen LogP contribution in [-0.2, 0) is 16.0 Å². The zero-order valence-electron chi connectivity index (χ0n) is 28.0. The molecule has 0 spiro atoms. The highest BCUT2D eigenvalue weighted by Gasteiger charge is 2.35. The van der Waals surface area contributed by atoms with E-state index >= 15 is 0 Å². The molecule has 270 valence electrons. The Morgan fingerprint density at radius 3 is 2.22 bits per heavy atom. The lowest BCUT2D eigenvalue weighted by atomic mass is 10.1. The number of nitrogens with zero attached hydrogens (tertiary/aromatic N) is 1. The molecule has 0 amide bonds. The molecule has 1 aromatic heterocycles. The van der Waals surface area contributed by atoms with Crippen molar-refractivity contribution in [1.82, 2.24) is 10.2 Å². The molecule has 1 aliphatic heterocycles. The van der Waals surface area contributed by atoms with E-state index in [1.54, 1.807) is 24.3 Å². The number of alkyl halides is 3. The largest absolute Gasteiger partial charge is 0.496 e. The van der Waals surface area contributed by atoms with Gasteiger partial charge in [0.05, 0.1) is 52.6 Å². The zero-order valence-corrected chi connectivity index (χ0v) is 28.8. The van der Waals surface area contributed by atoms with Crippen LogP contribution in [0.15, 0.2) is 62.6 Å². The first-order valence-electron chi connectivity index (χ1n) is 15.4. The normalized spacial score (nSPS) is 15.5. The quantitative estimate of drug-likeness (QED) is 0.186. The second-order valence-electron chi connectivity index (χ2n) is 11.2. The number of benzene rings is 3. The maximum Gasteiger partial charge on any atom is 0.416 e. The fourth-order valence-electron chi connectivity index (χ4n) is 5.72. The first-order chi connectivity index (χ1) is 23.9. The Morgan fingerprint density at radius 1 is 0.900 bits per heavy atom. The summed E-state index contributed by atoms with van der Waals surface area (Å²) >= 11 is 0. The van der Waals surface area contributed by atoms with Gasteiger partial charge in [0.1, 0.15) is 27.8 Å². The van der Waals surface area contributed by atoms with Gasteiger partial charge in [-0.1, -0.05) is 6.07 Å². The van der Waals surface area contributed by atoms with E-state index in [0.29, 0.717) is 60.7 Å². The summed E-state index contributed by atoms with van der Waals surface area (Å²) in [5, 5.41) is 1.92. The molecule has 1 unspecified atom stereocenters. The molecule has 1 aliphatic rings. The second-order valence-corrected chi connectivity index (χ2v) is 13.4. The molecule has 50 heavy (non-hydrogen) atoms. The van der Waals surface area contributed by atoms with Crippen molar-refractivity contribution in [2.75, 3.05) is 68.3 Å². The number of rotatable bonds is 13. The van der Waals surface area contributed by atoms with E-state index in [9.17, 15) is 26.4 Å². The Balaban J connectivity index is 1.41. The summed E-state index contributed by atoms with van der Waals surface area (Å²) in [5.74, 6) is 1.53. The minimum atomic E-state index is -4.68. The Hall–Kier alpha value is -4.67. The van der Waals surface area contributed by atoms with Gasteiger partial charge in [0.2, 0.25) is 16.9 Å². The predicted molar refractivity (Wildman–Crippen MR) is 178 cm³/mol. The smallest absolute Gasteiger partial charge is 0.416 e. The molecule has 4 aromatic rings. The van der Waals surface area contributed by atoms with Gasteiger partial charge in [0, 0.05) is 43.9 Å². The Bertz CT molecular complexity index is 1990. The van der Waals surface area contributed by atoms with E-state index in [-0.39, 0.29) is 41.4 Å². The molecular weight excluding hydrogens is 685 g/mol. The highest BCUT2D eigenvalue weighted by Crippen LogP contribution is 2.44. The molecule has 12 nitrogen and oxygen atoms in total. The molecule has 0 saturated carbocycles. The van der Waals surface area contributed by atoms with Crippen LogP contribution in [0.25, 0.3) is 22.3 Å². The number of sulfone groups is 1. The summed E-state index contributed by atoms with van der Waals surface area (Å²) in [6, 6.07) is 10.0. The van der Waals surface area contributed by atoms with Gasteiger partial charge in [-0.05, 0) is 36.8 Å². The fourth-order valence-corrected chi connectivity index (χ4v) is 7.35. The number of methoxy groups -OCH3 is 5. The minimum Gasteiger partial charge on any atom is -0.496 e. The van der Waals surface area contributed by atoms with E-state index in [1.807, 2.05) is 4.90 Å². The number of ether oxygens (including phenoxy) is 6. The molecule has 1 N–H and O–H groups in total. The van der Waals surface area contributed by atoms with Gasteiger partial charge in [-0.15, -0.1) is 0 Å². The van der Waals surface area contributed by atoms with Crippen molar-refractivity contribution in [2.24, 2.45) is 0 Å². The summed E-state index contributed by atoms with van der Waals surface area (Å²) in [5.41, 5.74) is -0.982. The third kappa shape index (κ3) is 7.41. The molecule has 0 aliphatic carbocycles. The third-order valence-electron chi connectivity index (χ3n) is 8.23. The van der Waals surface area contributed by atoms with Gasteiger partial charge in [-0.3, -0.25) is 15.0 Å². The number of piperazine rings is 1.